The van der Waals surface area contributed by atoms with Crippen LogP contribution in [0.5, 0.6) is 0 Å². The van der Waals surface area contributed by atoms with Gasteiger partial charge in [0.05, 0.1) is 11.3 Å². The second-order valence-electron chi connectivity index (χ2n) is 6.84. The first kappa shape index (κ1) is 21.5. The summed E-state index contributed by atoms with van der Waals surface area (Å²) in [6.07, 6.45) is -2.76. The van der Waals surface area contributed by atoms with Gasteiger partial charge in [0.1, 0.15) is 12.1 Å². The van der Waals surface area contributed by atoms with Crippen molar-refractivity contribution < 1.29 is 22.7 Å². The minimum absolute atomic E-state index is 0.210. The van der Waals surface area contributed by atoms with E-state index in [0.717, 1.165) is 17.7 Å². The molecule has 156 valence electrons. The average Bonchev–Trinajstić information content (AvgIpc) is 2.74. The molecule has 0 saturated carbocycles. The van der Waals surface area contributed by atoms with Crippen molar-refractivity contribution in [3.8, 4) is 0 Å². The first-order valence-corrected chi connectivity index (χ1v) is 9.28. The summed E-state index contributed by atoms with van der Waals surface area (Å²) < 4.78 is 45.3. The number of ether oxygens (including phenoxy) is 1. The Bertz CT molecular complexity index is 978. The molecular weight excluding hydrogens is 393 g/mol. The van der Waals surface area contributed by atoms with Gasteiger partial charge in [0.2, 0.25) is 5.91 Å². The van der Waals surface area contributed by atoms with Crippen LogP contribution in [0.2, 0.25) is 0 Å². The summed E-state index contributed by atoms with van der Waals surface area (Å²) in [6, 6.07) is 19.3. The van der Waals surface area contributed by atoms with Gasteiger partial charge in [0, 0.05) is 19.7 Å². The number of nitrogens with one attached hydrogen (secondary N) is 1. The zero-order valence-electron chi connectivity index (χ0n) is 16.3. The van der Waals surface area contributed by atoms with Crippen molar-refractivity contribution in [1.29, 1.82) is 0 Å². The average molecular weight is 414 g/mol. The first-order chi connectivity index (χ1) is 14.3. The molecule has 0 aliphatic heterocycles. The third-order valence-corrected chi connectivity index (χ3v) is 4.73. The van der Waals surface area contributed by atoms with Crippen molar-refractivity contribution in [1.82, 2.24) is 10.3 Å². The van der Waals surface area contributed by atoms with E-state index in [1.54, 1.807) is 30.5 Å². The number of benzene rings is 2. The molecule has 1 N–H and O–H groups in total. The van der Waals surface area contributed by atoms with E-state index in [-0.39, 0.29) is 18.6 Å². The number of nitrogens with zero attached hydrogens (tertiary/aromatic N) is 1. The highest BCUT2D eigenvalue weighted by Crippen LogP contribution is 2.36. The van der Waals surface area contributed by atoms with Crippen molar-refractivity contribution in [2.24, 2.45) is 0 Å². The van der Waals surface area contributed by atoms with E-state index in [0.29, 0.717) is 5.69 Å². The summed E-state index contributed by atoms with van der Waals surface area (Å²) in [4.78, 5) is 17.0. The highest BCUT2D eigenvalue weighted by atomic mass is 19.4. The molecule has 3 aromatic rings. The number of carbonyl (C=O) groups excluding carboxylic acids is 1. The van der Waals surface area contributed by atoms with Gasteiger partial charge in [-0.3, -0.25) is 9.78 Å². The lowest BCUT2D eigenvalue weighted by atomic mass is 9.79. The van der Waals surface area contributed by atoms with Crippen molar-refractivity contribution in [3.05, 3.63) is 101 Å². The summed E-state index contributed by atoms with van der Waals surface area (Å²) in [5.41, 5.74) is -0.575. The third kappa shape index (κ3) is 4.86. The van der Waals surface area contributed by atoms with Crippen LogP contribution in [-0.4, -0.2) is 24.6 Å². The summed E-state index contributed by atoms with van der Waals surface area (Å²) in [5.74, 6) is -0.462. The van der Waals surface area contributed by atoms with Crippen molar-refractivity contribution in [3.63, 3.8) is 0 Å². The van der Waals surface area contributed by atoms with Crippen LogP contribution in [0.4, 0.5) is 13.2 Å². The summed E-state index contributed by atoms with van der Waals surface area (Å²) in [5, 5.41) is 2.90. The van der Waals surface area contributed by atoms with Gasteiger partial charge in [-0.1, -0.05) is 48.5 Å². The molecule has 0 aliphatic carbocycles. The Balaban J connectivity index is 2.23. The summed E-state index contributed by atoms with van der Waals surface area (Å²) in [6.45, 7) is -0.234. The summed E-state index contributed by atoms with van der Waals surface area (Å²) >= 11 is 0. The van der Waals surface area contributed by atoms with Crippen LogP contribution in [0, 0.1) is 0 Å². The maximum Gasteiger partial charge on any atom is 0.416 e. The quantitative estimate of drug-likeness (QED) is 0.626. The van der Waals surface area contributed by atoms with Crippen molar-refractivity contribution >= 4 is 5.91 Å². The normalized spacial score (nSPS) is 13.5. The Morgan fingerprint density at radius 1 is 0.967 bits per heavy atom. The molecule has 7 heteroatoms. The van der Waals surface area contributed by atoms with Crippen molar-refractivity contribution in [2.75, 3.05) is 13.7 Å². The van der Waals surface area contributed by atoms with Crippen LogP contribution < -0.4 is 5.32 Å². The van der Waals surface area contributed by atoms with Gasteiger partial charge in [-0.25, -0.2) is 0 Å². The number of pyridine rings is 1. The highest BCUT2D eigenvalue weighted by molar-refractivity contribution is 5.79. The van der Waals surface area contributed by atoms with E-state index < -0.39 is 23.2 Å². The number of rotatable bonds is 7. The Morgan fingerprint density at radius 2 is 1.67 bits per heavy atom. The first-order valence-electron chi connectivity index (χ1n) is 9.28. The van der Waals surface area contributed by atoms with E-state index >= 15 is 0 Å². The number of hydrogen-bond acceptors (Lipinski definition) is 3. The van der Waals surface area contributed by atoms with E-state index in [1.807, 2.05) is 30.3 Å². The number of aromatic nitrogens is 1. The van der Waals surface area contributed by atoms with E-state index in [2.05, 4.69) is 10.3 Å². The molecule has 0 bridgehead atoms. The lowest BCUT2D eigenvalue weighted by Crippen LogP contribution is -2.50. The van der Waals surface area contributed by atoms with Crippen molar-refractivity contribution in [2.45, 2.75) is 18.1 Å². The number of carbonyl (C=O) groups is 1. The summed E-state index contributed by atoms with van der Waals surface area (Å²) in [7, 11) is 1.38. The molecule has 0 spiro atoms. The lowest BCUT2D eigenvalue weighted by Gasteiger charge is -2.35. The number of hydrogen-bond donors (Lipinski definition) is 1. The molecule has 1 amide bonds. The molecule has 1 unspecified atom stereocenters. The molecule has 1 aromatic heterocycles. The second kappa shape index (κ2) is 9.09. The predicted molar refractivity (Wildman–Crippen MR) is 107 cm³/mol. The Morgan fingerprint density at radius 3 is 2.30 bits per heavy atom. The molecule has 0 saturated heterocycles. The molecule has 30 heavy (non-hydrogen) atoms. The van der Waals surface area contributed by atoms with Gasteiger partial charge in [-0.2, -0.15) is 13.2 Å². The Hall–Kier alpha value is -3.19. The largest absolute Gasteiger partial charge is 0.416 e. The molecular formula is C23H21F3N2O2. The van der Waals surface area contributed by atoms with Gasteiger partial charge >= 0.3 is 6.18 Å². The number of amides is 1. The number of alkyl halides is 3. The van der Waals surface area contributed by atoms with Gasteiger partial charge in [0.25, 0.3) is 0 Å². The zero-order valence-corrected chi connectivity index (χ0v) is 16.3. The van der Waals surface area contributed by atoms with E-state index in [4.69, 9.17) is 4.74 Å². The minimum atomic E-state index is -4.52. The molecule has 1 heterocycles. The lowest BCUT2D eigenvalue weighted by molar-refractivity contribution is -0.137. The zero-order chi connectivity index (χ0) is 21.6. The molecule has 0 fully saturated rings. The van der Waals surface area contributed by atoms with Crippen LogP contribution in [0.15, 0.2) is 79.0 Å². The Labute approximate surface area is 172 Å². The molecule has 0 radical (unpaired) electrons. The van der Waals surface area contributed by atoms with Crippen LogP contribution >= 0.6 is 0 Å². The topological polar surface area (TPSA) is 51.2 Å². The maximum atomic E-state index is 13.4. The van der Waals surface area contributed by atoms with Crippen LogP contribution in [0.25, 0.3) is 0 Å². The molecule has 4 nitrogen and oxygen atoms in total. The fourth-order valence-electron chi connectivity index (χ4n) is 3.40. The van der Waals surface area contributed by atoms with Gasteiger partial charge in [-0.15, -0.1) is 0 Å². The van der Waals surface area contributed by atoms with Crippen LogP contribution in [0.3, 0.4) is 0 Å². The second-order valence-corrected chi connectivity index (χ2v) is 6.84. The fourth-order valence-corrected chi connectivity index (χ4v) is 3.40. The smallest absolute Gasteiger partial charge is 0.375 e. The van der Waals surface area contributed by atoms with Gasteiger partial charge in [0.15, 0.2) is 0 Å². The fraction of sp³-hybridized carbons (Fsp3) is 0.217. The SMILES string of the molecule is COCC(=O)NC(Cc1ccccc1)(c1cccc(C(F)(F)F)c1)c1ccccn1. The van der Waals surface area contributed by atoms with Crippen LogP contribution in [0.1, 0.15) is 22.4 Å². The standard InChI is InChI=1S/C23H21F3N2O2/c1-30-16-21(29)28-22(20-12-5-6-13-27-20,15-17-8-3-2-4-9-17)18-10-7-11-19(14-18)23(24,25)26/h2-14H,15-16H2,1H3,(H,28,29). The third-order valence-electron chi connectivity index (χ3n) is 4.73. The monoisotopic (exact) mass is 414 g/mol. The molecule has 2 aromatic carbocycles. The highest BCUT2D eigenvalue weighted by Gasteiger charge is 2.39. The molecule has 1 atom stereocenters. The predicted octanol–water partition coefficient (Wildman–Crippen LogP) is 4.35. The van der Waals surface area contributed by atoms with E-state index in [1.165, 1.54) is 13.2 Å². The molecule has 3 rings (SSSR count). The Kier molecular flexibility index (Phi) is 6.52. The molecule has 0 aliphatic rings. The maximum absolute atomic E-state index is 13.4. The van der Waals surface area contributed by atoms with E-state index in [9.17, 15) is 18.0 Å². The van der Waals surface area contributed by atoms with Gasteiger partial charge < -0.3 is 10.1 Å². The van der Waals surface area contributed by atoms with Gasteiger partial charge in [-0.05, 0) is 35.4 Å². The minimum Gasteiger partial charge on any atom is -0.375 e. The number of methoxy groups -OCH3 is 1. The van der Waals surface area contributed by atoms with Crippen LogP contribution in [-0.2, 0) is 27.7 Å². The number of halogens is 3.